The summed E-state index contributed by atoms with van der Waals surface area (Å²) in [5, 5.41) is 3.96. The average molecular weight is 139 g/mol. The summed E-state index contributed by atoms with van der Waals surface area (Å²) in [5.74, 6) is 0.532. The van der Waals surface area contributed by atoms with E-state index in [0.29, 0.717) is 5.82 Å². The van der Waals surface area contributed by atoms with Gasteiger partial charge in [-0.3, -0.25) is 0 Å². The zero-order chi connectivity index (χ0) is 7.56. The van der Waals surface area contributed by atoms with Crippen LogP contribution in [-0.4, -0.2) is 16.1 Å². The Morgan fingerprint density at radius 2 is 2.60 bits per heavy atom. The Kier molecular flexibility index (Phi) is 1.71. The van der Waals surface area contributed by atoms with Gasteiger partial charge in [-0.1, -0.05) is 0 Å². The molecule has 1 aromatic rings. The maximum atomic E-state index is 10.0. The van der Waals surface area contributed by atoms with E-state index in [1.54, 1.807) is 6.07 Å². The Bertz CT molecular complexity index is 241. The zero-order valence-corrected chi connectivity index (χ0v) is 5.74. The Morgan fingerprint density at radius 1 is 1.90 bits per heavy atom. The molecule has 0 saturated carbocycles. The molecule has 0 bridgehead atoms. The van der Waals surface area contributed by atoms with Gasteiger partial charge in [-0.05, 0) is 6.92 Å². The van der Waals surface area contributed by atoms with Gasteiger partial charge in [0.2, 0.25) is 0 Å². The molecule has 1 heterocycles. The Balaban J connectivity index is 2.91. The molecule has 4 heteroatoms. The predicted octanol–water partition coefficient (Wildman–Crippen LogP) is -0.0274. The van der Waals surface area contributed by atoms with Crippen molar-refractivity contribution < 1.29 is 4.79 Å². The predicted molar refractivity (Wildman–Crippen MR) is 37.4 cm³/mol. The molecule has 0 saturated heterocycles. The van der Waals surface area contributed by atoms with Crippen LogP contribution in [0.25, 0.3) is 0 Å². The minimum Gasteiger partial charge on any atom is -0.384 e. The molecule has 0 unspecified atom stereocenters. The van der Waals surface area contributed by atoms with Gasteiger partial charge in [0.15, 0.2) is 0 Å². The van der Waals surface area contributed by atoms with Crippen LogP contribution in [0, 0.1) is 6.92 Å². The van der Waals surface area contributed by atoms with Crippen LogP contribution in [0.3, 0.4) is 0 Å². The van der Waals surface area contributed by atoms with Gasteiger partial charge < -0.3 is 10.5 Å². The average Bonchev–Trinajstić information content (AvgIpc) is 2.13. The number of aldehydes is 1. The quantitative estimate of drug-likeness (QED) is 0.585. The molecule has 0 radical (unpaired) electrons. The monoisotopic (exact) mass is 139 g/mol. The van der Waals surface area contributed by atoms with Crippen LogP contribution in [0.15, 0.2) is 6.07 Å². The highest BCUT2D eigenvalue weighted by Gasteiger charge is 1.98. The number of aromatic nitrogens is 2. The van der Waals surface area contributed by atoms with E-state index in [1.807, 2.05) is 6.92 Å². The second-order valence-electron chi connectivity index (χ2n) is 2.06. The minimum absolute atomic E-state index is 0.236. The van der Waals surface area contributed by atoms with Gasteiger partial charge in [0, 0.05) is 6.07 Å². The van der Waals surface area contributed by atoms with Crippen LogP contribution in [0.4, 0.5) is 5.82 Å². The first-order chi connectivity index (χ1) is 4.74. The fourth-order valence-corrected chi connectivity index (χ4v) is 0.782. The molecule has 0 amide bonds. The van der Waals surface area contributed by atoms with Gasteiger partial charge in [-0.25, -0.2) is 4.68 Å². The second kappa shape index (κ2) is 2.51. The van der Waals surface area contributed by atoms with Crippen molar-refractivity contribution in [1.82, 2.24) is 9.78 Å². The lowest BCUT2D eigenvalue weighted by atomic mass is 10.5. The van der Waals surface area contributed by atoms with Crippen LogP contribution < -0.4 is 5.73 Å². The smallest absolute Gasteiger partial charge is 0.141 e. The van der Waals surface area contributed by atoms with Gasteiger partial charge >= 0.3 is 0 Å². The molecular formula is C6H9N3O. The lowest BCUT2D eigenvalue weighted by Crippen LogP contribution is -2.04. The van der Waals surface area contributed by atoms with Crippen molar-refractivity contribution in [1.29, 1.82) is 0 Å². The third-order valence-electron chi connectivity index (χ3n) is 1.18. The maximum Gasteiger partial charge on any atom is 0.141 e. The van der Waals surface area contributed by atoms with E-state index in [0.717, 1.165) is 12.0 Å². The van der Waals surface area contributed by atoms with E-state index >= 15 is 0 Å². The molecule has 0 aromatic carbocycles. The van der Waals surface area contributed by atoms with Gasteiger partial charge in [-0.15, -0.1) is 0 Å². The van der Waals surface area contributed by atoms with Gasteiger partial charge in [0.25, 0.3) is 0 Å². The summed E-state index contributed by atoms with van der Waals surface area (Å²) in [6.45, 7) is 2.07. The normalized spacial score (nSPS) is 9.70. The largest absolute Gasteiger partial charge is 0.384 e. The zero-order valence-electron chi connectivity index (χ0n) is 5.74. The molecule has 4 nitrogen and oxygen atoms in total. The number of nitrogen functional groups attached to an aromatic ring is 1. The molecule has 0 spiro atoms. The highest BCUT2D eigenvalue weighted by molar-refractivity contribution is 5.50. The SMILES string of the molecule is Cc1cc(N)n(CC=O)n1. The standard InChI is InChI=1S/C6H9N3O/c1-5-4-6(7)9(8-5)2-3-10/h3-4H,2,7H2,1H3. The Hall–Kier alpha value is -1.32. The van der Waals surface area contributed by atoms with Crippen LogP contribution in [0.5, 0.6) is 0 Å². The third-order valence-corrected chi connectivity index (χ3v) is 1.18. The molecule has 1 rings (SSSR count). The number of hydrogen-bond acceptors (Lipinski definition) is 3. The number of nitrogens with zero attached hydrogens (tertiary/aromatic N) is 2. The van der Waals surface area contributed by atoms with Gasteiger partial charge in [0.05, 0.1) is 12.2 Å². The van der Waals surface area contributed by atoms with Crippen molar-refractivity contribution in [3.8, 4) is 0 Å². The molecule has 0 aliphatic rings. The summed E-state index contributed by atoms with van der Waals surface area (Å²) < 4.78 is 1.46. The minimum atomic E-state index is 0.236. The van der Waals surface area contributed by atoms with Crippen LogP contribution in [0.2, 0.25) is 0 Å². The lowest BCUT2D eigenvalue weighted by Gasteiger charge is -1.94. The van der Waals surface area contributed by atoms with Crippen LogP contribution in [-0.2, 0) is 11.3 Å². The van der Waals surface area contributed by atoms with Crippen LogP contribution in [0.1, 0.15) is 5.69 Å². The molecule has 54 valence electrons. The van der Waals surface area contributed by atoms with Crippen molar-refractivity contribution in [3.63, 3.8) is 0 Å². The third kappa shape index (κ3) is 1.15. The molecule has 10 heavy (non-hydrogen) atoms. The Morgan fingerprint density at radius 3 is 3.00 bits per heavy atom. The summed E-state index contributed by atoms with van der Waals surface area (Å²) in [7, 11) is 0. The molecule has 2 N–H and O–H groups in total. The lowest BCUT2D eigenvalue weighted by molar-refractivity contribution is -0.108. The number of carbonyl (C=O) groups is 1. The first-order valence-corrected chi connectivity index (χ1v) is 2.97. The number of nitrogens with two attached hydrogens (primary N) is 1. The molecule has 0 fully saturated rings. The van der Waals surface area contributed by atoms with E-state index in [-0.39, 0.29) is 6.54 Å². The van der Waals surface area contributed by atoms with E-state index in [9.17, 15) is 4.79 Å². The Labute approximate surface area is 58.6 Å². The number of carbonyl (C=O) groups excluding carboxylic acids is 1. The van der Waals surface area contributed by atoms with Crippen molar-refractivity contribution in [2.75, 3.05) is 5.73 Å². The van der Waals surface area contributed by atoms with E-state index in [2.05, 4.69) is 5.10 Å². The molecular weight excluding hydrogens is 130 g/mol. The van der Waals surface area contributed by atoms with Gasteiger partial charge in [-0.2, -0.15) is 5.10 Å². The molecule has 0 aliphatic heterocycles. The van der Waals surface area contributed by atoms with Gasteiger partial charge in [0.1, 0.15) is 12.1 Å². The van der Waals surface area contributed by atoms with Crippen molar-refractivity contribution in [2.24, 2.45) is 0 Å². The summed E-state index contributed by atoms with van der Waals surface area (Å²) in [5.41, 5.74) is 6.30. The van der Waals surface area contributed by atoms with Crippen molar-refractivity contribution in [2.45, 2.75) is 13.5 Å². The molecule has 1 aromatic heterocycles. The summed E-state index contributed by atoms with van der Waals surface area (Å²) >= 11 is 0. The van der Waals surface area contributed by atoms with Crippen LogP contribution >= 0.6 is 0 Å². The fourth-order valence-electron chi connectivity index (χ4n) is 0.782. The summed E-state index contributed by atoms with van der Waals surface area (Å²) in [6, 6.07) is 1.73. The number of anilines is 1. The van der Waals surface area contributed by atoms with E-state index < -0.39 is 0 Å². The topological polar surface area (TPSA) is 60.9 Å². The highest BCUT2D eigenvalue weighted by Crippen LogP contribution is 2.02. The molecule has 0 atom stereocenters. The van der Waals surface area contributed by atoms with Crippen molar-refractivity contribution >= 4 is 12.1 Å². The molecule has 0 aliphatic carbocycles. The number of rotatable bonds is 2. The first-order valence-electron chi connectivity index (χ1n) is 2.97. The number of hydrogen-bond donors (Lipinski definition) is 1. The maximum absolute atomic E-state index is 10.0. The highest BCUT2D eigenvalue weighted by atomic mass is 16.1. The summed E-state index contributed by atoms with van der Waals surface area (Å²) in [6.07, 6.45) is 0.767. The number of aryl methyl sites for hydroxylation is 1. The van der Waals surface area contributed by atoms with E-state index in [1.165, 1.54) is 4.68 Å². The second-order valence-corrected chi connectivity index (χ2v) is 2.06. The van der Waals surface area contributed by atoms with Crippen molar-refractivity contribution in [3.05, 3.63) is 11.8 Å². The fraction of sp³-hybridized carbons (Fsp3) is 0.333. The summed E-state index contributed by atoms with van der Waals surface area (Å²) in [4.78, 5) is 10.0. The van der Waals surface area contributed by atoms with E-state index in [4.69, 9.17) is 5.73 Å². The first kappa shape index (κ1) is 6.80.